The molecule has 1 N–H and O–H groups in total. The monoisotopic (exact) mass is 367 g/mol. The number of nitrogens with zero attached hydrogens (tertiary/aromatic N) is 2. The quantitative estimate of drug-likeness (QED) is 0.889. The van der Waals surface area contributed by atoms with Gasteiger partial charge in [0.05, 0.1) is 0 Å². The minimum Gasteiger partial charge on any atom is -0.348 e. The van der Waals surface area contributed by atoms with E-state index in [0.29, 0.717) is 18.8 Å². The van der Waals surface area contributed by atoms with Crippen molar-refractivity contribution >= 4 is 15.9 Å². The molecule has 1 aromatic rings. The molecule has 0 bridgehead atoms. The molecule has 0 unspecified atom stereocenters. The first-order valence-electron chi connectivity index (χ1n) is 9.46. The number of amides is 1. The number of sulfonamides is 1. The lowest BCUT2D eigenvalue weighted by atomic mass is 9.95. The molecule has 7 heteroatoms. The van der Waals surface area contributed by atoms with E-state index in [-0.39, 0.29) is 16.8 Å². The van der Waals surface area contributed by atoms with Crippen molar-refractivity contribution in [2.75, 3.05) is 13.1 Å². The van der Waals surface area contributed by atoms with Crippen molar-refractivity contribution in [1.82, 2.24) is 14.2 Å². The zero-order chi connectivity index (χ0) is 17.9. The second-order valence-electron chi connectivity index (χ2n) is 7.30. The third-order valence-electron chi connectivity index (χ3n) is 5.36. The van der Waals surface area contributed by atoms with Crippen LogP contribution in [-0.2, 0) is 17.1 Å². The van der Waals surface area contributed by atoms with Crippen molar-refractivity contribution in [3.63, 3.8) is 0 Å². The van der Waals surface area contributed by atoms with Gasteiger partial charge in [0.15, 0.2) is 0 Å². The number of hydrogen-bond donors (Lipinski definition) is 1. The number of aryl methyl sites for hydroxylation is 1. The van der Waals surface area contributed by atoms with Crippen molar-refractivity contribution in [2.45, 2.75) is 68.7 Å². The Hall–Kier alpha value is -1.34. The highest BCUT2D eigenvalue weighted by atomic mass is 32.2. The SMILES string of the molecule is Cn1cc(S(=O)(=O)N2CCCCCC2)cc1C(=O)NC1CCCCC1. The fourth-order valence-electron chi connectivity index (χ4n) is 3.84. The normalized spacial score (nSPS) is 21.0. The van der Waals surface area contributed by atoms with Gasteiger partial charge in [-0.05, 0) is 31.7 Å². The number of nitrogens with one attached hydrogen (secondary N) is 1. The van der Waals surface area contributed by atoms with E-state index in [2.05, 4.69) is 5.32 Å². The Kier molecular flexibility index (Phi) is 5.84. The van der Waals surface area contributed by atoms with Gasteiger partial charge >= 0.3 is 0 Å². The Labute approximate surface area is 150 Å². The molecule has 1 saturated heterocycles. The van der Waals surface area contributed by atoms with Gasteiger partial charge in [-0.15, -0.1) is 0 Å². The molecular weight excluding hydrogens is 338 g/mol. The summed E-state index contributed by atoms with van der Waals surface area (Å²) in [6.07, 6.45) is 11.1. The summed E-state index contributed by atoms with van der Waals surface area (Å²) in [5.74, 6) is -0.174. The van der Waals surface area contributed by atoms with Crippen LogP contribution in [0.2, 0.25) is 0 Å². The lowest BCUT2D eigenvalue weighted by molar-refractivity contribution is 0.0919. The highest BCUT2D eigenvalue weighted by Gasteiger charge is 2.28. The molecule has 1 aromatic heterocycles. The molecule has 1 aliphatic heterocycles. The third-order valence-corrected chi connectivity index (χ3v) is 7.22. The first-order chi connectivity index (χ1) is 12.0. The highest BCUT2D eigenvalue weighted by Crippen LogP contribution is 2.23. The fourth-order valence-corrected chi connectivity index (χ4v) is 5.43. The smallest absolute Gasteiger partial charge is 0.268 e. The van der Waals surface area contributed by atoms with Gasteiger partial charge in [-0.1, -0.05) is 32.1 Å². The fraction of sp³-hybridized carbons (Fsp3) is 0.722. The van der Waals surface area contributed by atoms with Crippen LogP contribution >= 0.6 is 0 Å². The maximum Gasteiger partial charge on any atom is 0.268 e. The molecule has 1 saturated carbocycles. The van der Waals surface area contributed by atoms with Crippen LogP contribution < -0.4 is 5.32 Å². The Morgan fingerprint density at radius 1 is 1.04 bits per heavy atom. The highest BCUT2D eigenvalue weighted by molar-refractivity contribution is 7.89. The standard InChI is InChI=1S/C18H29N3O3S/c1-20-14-16(25(23,24)21-11-7-2-3-8-12-21)13-17(20)18(22)19-15-9-5-4-6-10-15/h13-15H,2-12H2,1H3,(H,19,22). The molecule has 0 aromatic carbocycles. The summed E-state index contributed by atoms with van der Waals surface area (Å²) in [5, 5.41) is 3.06. The van der Waals surface area contributed by atoms with E-state index in [4.69, 9.17) is 0 Å². The summed E-state index contributed by atoms with van der Waals surface area (Å²) in [6, 6.07) is 1.74. The number of aromatic nitrogens is 1. The van der Waals surface area contributed by atoms with Crippen LogP contribution in [-0.4, -0.2) is 42.3 Å². The second kappa shape index (κ2) is 7.91. The first kappa shape index (κ1) is 18.5. The van der Waals surface area contributed by atoms with Crippen molar-refractivity contribution in [2.24, 2.45) is 7.05 Å². The van der Waals surface area contributed by atoms with Crippen molar-refractivity contribution < 1.29 is 13.2 Å². The Morgan fingerprint density at radius 3 is 2.28 bits per heavy atom. The lowest BCUT2D eigenvalue weighted by Gasteiger charge is -2.22. The van der Waals surface area contributed by atoms with E-state index in [0.717, 1.165) is 51.4 Å². The van der Waals surface area contributed by atoms with Crippen LogP contribution in [0.15, 0.2) is 17.2 Å². The van der Waals surface area contributed by atoms with Crippen molar-refractivity contribution in [3.05, 3.63) is 18.0 Å². The second-order valence-corrected chi connectivity index (χ2v) is 9.24. The Balaban J connectivity index is 1.75. The molecule has 2 fully saturated rings. The van der Waals surface area contributed by atoms with E-state index < -0.39 is 10.0 Å². The largest absolute Gasteiger partial charge is 0.348 e. The Bertz CT molecular complexity index is 697. The van der Waals surface area contributed by atoms with Gasteiger partial charge < -0.3 is 9.88 Å². The summed E-state index contributed by atoms with van der Waals surface area (Å²) in [6.45, 7) is 1.14. The van der Waals surface area contributed by atoms with Crippen LogP contribution in [0.4, 0.5) is 0 Å². The van der Waals surface area contributed by atoms with E-state index in [1.54, 1.807) is 22.1 Å². The summed E-state index contributed by atoms with van der Waals surface area (Å²) in [5.41, 5.74) is 0.416. The minimum atomic E-state index is -3.52. The number of carbonyl (C=O) groups is 1. The van der Waals surface area contributed by atoms with Crippen LogP contribution in [0.25, 0.3) is 0 Å². The predicted molar refractivity (Wildman–Crippen MR) is 97.0 cm³/mol. The average molecular weight is 368 g/mol. The predicted octanol–water partition coefficient (Wildman–Crippen LogP) is 2.65. The van der Waals surface area contributed by atoms with Gasteiger partial charge in [0, 0.05) is 32.4 Å². The molecule has 2 heterocycles. The van der Waals surface area contributed by atoms with E-state index in [9.17, 15) is 13.2 Å². The molecule has 3 rings (SSSR count). The molecule has 140 valence electrons. The molecule has 25 heavy (non-hydrogen) atoms. The average Bonchev–Trinajstić information content (AvgIpc) is 2.82. The van der Waals surface area contributed by atoms with Gasteiger partial charge in [-0.2, -0.15) is 4.31 Å². The topological polar surface area (TPSA) is 71.4 Å². The van der Waals surface area contributed by atoms with Gasteiger partial charge in [0.25, 0.3) is 5.91 Å². The maximum absolute atomic E-state index is 12.9. The summed E-state index contributed by atoms with van der Waals surface area (Å²) in [4.78, 5) is 12.8. The number of hydrogen-bond acceptors (Lipinski definition) is 3. The van der Waals surface area contributed by atoms with Crippen LogP contribution in [0.1, 0.15) is 68.3 Å². The van der Waals surface area contributed by atoms with E-state index >= 15 is 0 Å². The van der Waals surface area contributed by atoms with Gasteiger partial charge in [-0.25, -0.2) is 8.42 Å². The zero-order valence-corrected chi connectivity index (χ0v) is 15.9. The molecule has 2 aliphatic rings. The molecule has 0 atom stereocenters. The summed E-state index contributed by atoms with van der Waals surface area (Å²) in [7, 11) is -1.79. The molecule has 1 aliphatic carbocycles. The van der Waals surface area contributed by atoms with Gasteiger partial charge in [0.2, 0.25) is 10.0 Å². The van der Waals surface area contributed by atoms with Crippen LogP contribution in [0, 0.1) is 0 Å². The summed E-state index contributed by atoms with van der Waals surface area (Å²) < 4.78 is 29.0. The van der Waals surface area contributed by atoms with Crippen molar-refractivity contribution in [1.29, 1.82) is 0 Å². The first-order valence-corrected chi connectivity index (χ1v) is 10.9. The molecular formula is C18H29N3O3S. The maximum atomic E-state index is 12.9. The number of carbonyl (C=O) groups excluding carboxylic acids is 1. The molecule has 0 spiro atoms. The van der Waals surface area contributed by atoms with Gasteiger partial charge in [-0.3, -0.25) is 4.79 Å². The zero-order valence-electron chi connectivity index (χ0n) is 15.0. The minimum absolute atomic E-state index is 0.174. The Morgan fingerprint density at radius 2 is 1.64 bits per heavy atom. The summed E-state index contributed by atoms with van der Waals surface area (Å²) >= 11 is 0. The van der Waals surface area contributed by atoms with Gasteiger partial charge in [0.1, 0.15) is 10.6 Å². The van der Waals surface area contributed by atoms with E-state index in [1.165, 1.54) is 12.5 Å². The van der Waals surface area contributed by atoms with Crippen LogP contribution in [0.3, 0.4) is 0 Å². The lowest BCUT2D eigenvalue weighted by Crippen LogP contribution is -2.37. The third kappa shape index (κ3) is 4.26. The van der Waals surface area contributed by atoms with Crippen molar-refractivity contribution in [3.8, 4) is 0 Å². The molecule has 6 nitrogen and oxygen atoms in total. The number of rotatable bonds is 4. The molecule has 1 amide bonds. The molecule has 0 radical (unpaired) electrons. The van der Waals surface area contributed by atoms with E-state index in [1.807, 2.05) is 0 Å². The van der Waals surface area contributed by atoms with Crippen LogP contribution in [0.5, 0.6) is 0 Å².